The van der Waals surface area contributed by atoms with Crippen LogP contribution in [0.2, 0.25) is 0 Å². The van der Waals surface area contributed by atoms with E-state index in [-0.39, 0.29) is 6.17 Å². The van der Waals surface area contributed by atoms with E-state index in [1.54, 1.807) is 0 Å². The third kappa shape index (κ3) is 2.41. The smallest absolute Gasteiger partial charge is 0.212 e. The molecule has 2 aromatic carbocycles. The van der Waals surface area contributed by atoms with E-state index < -0.39 is 0 Å². The standard InChI is InChI=1S/C19H17N7/c20-18-23-17(26-16-9-5-4-8-15(16)22-19(26)24-18)14-10-21-25(12-14)11-13-6-2-1-3-7-13/h1-10,12,17H,11H2,(H3,20,22,23,24)/t17-/m1/s1. The van der Waals surface area contributed by atoms with Crippen LogP contribution in [-0.4, -0.2) is 25.3 Å². The number of rotatable bonds is 3. The number of hydrogen-bond donors (Lipinski definition) is 2. The Bertz CT molecular complexity index is 1110. The fraction of sp³-hybridized carbons (Fsp3) is 0.105. The molecular weight excluding hydrogens is 326 g/mol. The van der Waals surface area contributed by atoms with Crippen LogP contribution in [0.3, 0.4) is 0 Å². The quantitative estimate of drug-likeness (QED) is 0.599. The first-order chi connectivity index (χ1) is 12.8. The summed E-state index contributed by atoms with van der Waals surface area (Å²) in [5.41, 5.74) is 10.1. The van der Waals surface area contributed by atoms with Gasteiger partial charge < -0.3 is 5.73 Å². The summed E-state index contributed by atoms with van der Waals surface area (Å²) >= 11 is 0. The van der Waals surface area contributed by atoms with Gasteiger partial charge in [0.05, 0.1) is 23.8 Å². The van der Waals surface area contributed by atoms with Gasteiger partial charge in [-0.1, -0.05) is 42.5 Å². The van der Waals surface area contributed by atoms with E-state index in [9.17, 15) is 0 Å². The maximum Gasteiger partial charge on any atom is 0.212 e. The van der Waals surface area contributed by atoms with E-state index in [1.165, 1.54) is 5.56 Å². The van der Waals surface area contributed by atoms with Gasteiger partial charge >= 0.3 is 0 Å². The van der Waals surface area contributed by atoms with Crippen LogP contribution < -0.4 is 11.1 Å². The van der Waals surface area contributed by atoms with E-state index in [1.807, 2.05) is 59.5 Å². The number of aliphatic imine (C=N–C) groups is 1. The summed E-state index contributed by atoms with van der Waals surface area (Å²) in [7, 11) is 0. The van der Waals surface area contributed by atoms with Crippen LogP contribution in [-0.2, 0) is 6.54 Å². The van der Waals surface area contributed by atoms with Crippen molar-refractivity contribution in [2.45, 2.75) is 12.7 Å². The predicted molar refractivity (Wildman–Crippen MR) is 101 cm³/mol. The number of aromatic nitrogens is 4. The van der Waals surface area contributed by atoms with Crippen molar-refractivity contribution in [2.75, 3.05) is 5.32 Å². The number of nitrogens with zero attached hydrogens (tertiary/aromatic N) is 5. The third-order valence-corrected chi connectivity index (χ3v) is 4.48. The molecule has 26 heavy (non-hydrogen) atoms. The van der Waals surface area contributed by atoms with Crippen LogP contribution in [0.1, 0.15) is 17.3 Å². The van der Waals surface area contributed by atoms with Crippen LogP contribution in [0.25, 0.3) is 11.0 Å². The molecule has 1 aliphatic heterocycles. The van der Waals surface area contributed by atoms with Crippen LogP contribution in [0, 0.1) is 0 Å². The largest absolute Gasteiger partial charge is 0.370 e. The van der Waals surface area contributed by atoms with Crippen molar-refractivity contribution in [3.8, 4) is 0 Å². The number of para-hydroxylation sites is 2. The van der Waals surface area contributed by atoms with Crippen molar-refractivity contribution in [1.82, 2.24) is 19.3 Å². The van der Waals surface area contributed by atoms with Crippen molar-refractivity contribution in [3.63, 3.8) is 0 Å². The molecule has 3 N–H and O–H groups in total. The zero-order chi connectivity index (χ0) is 17.5. The summed E-state index contributed by atoms with van der Waals surface area (Å²) in [4.78, 5) is 9.21. The molecule has 0 spiro atoms. The van der Waals surface area contributed by atoms with E-state index in [2.05, 4.69) is 37.1 Å². The summed E-state index contributed by atoms with van der Waals surface area (Å²) in [6, 6.07) is 18.2. The van der Waals surface area contributed by atoms with E-state index in [0.29, 0.717) is 18.5 Å². The molecule has 5 rings (SSSR count). The topological polar surface area (TPSA) is 86.0 Å². The SMILES string of the molecule is NC1=N[C@@H](c2cnn(Cc3ccccc3)c2)n2c(nc3ccccc32)N1. The highest BCUT2D eigenvalue weighted by molar-refractivity contribution is 5.94. The minimum absolute atomic E-state index is 0.289. The number of fused-ring (bicyclic) bond motifs is 3. The van der Waals surface area contributed by atoms with Crippen LogP contribution in [0.15, 0.2) is 72.0 Å². The van der Waals surface area contributed by atoms with Gasteiger partial charge in [-0.3, -0.25) is 14.6 Å². The van der Waals surface area contributed by atoms with Gasteiger partial charge in [0.25, 0.3) is 0 Å². The zero-order valence-electron chi connectivity index (χ0n) is 13.9. The molecule has 1 aliphatic rings. The first kappa shape index (κ1) is 14.7. The Morgan fingerprint density at radius 2 is 1.85 bits per heavy atom. The highest BCUT2D eigenvalue weighted by Crippen LogP contribution is 2.31. The van der Waals surface area contributed by atoms with E-state index >= 15 is 0 Å². The Labute approximate surface area is 149 Å². The summed E-state index contributed by atoms with van der Waals surface area (Å²) in [5, 5.41) is 7.55. The number of benzene rings is 2. The molecule has 4 aromatic rings. The summed E-state index contributed by atoms with van der Waals surface area (Å²) in [5.74, 6) is 1.05. The van der Waals surface area contributed by atoms with Gasteiger partial charge in [-0.15, -0.1) is 0 Å². The molecule has 0 saturated heterocycles. The molecule has 7 heteroatoms. The lowest BCUT2D eigenvalue weighted by molar-refractivity contribution is 0.623. The molecule has 0 aliphatic carbocycles. The van der Waals surface area contributed by atoms with Gasteiger partial charge in [0, 0.05) is 11.8 Å². The first-order valence-corrected chi connectivity index (χ1v) is 8.41. The second-order valence-electron chi connectivity index (χ2n) is 6.26. The number of nitrogens with two attached hydrogens (primary N) is 1. The molecule has 0 bridgehead atoms. The lowest BCUT2D eigenvalue weighted by Gasteiger charge is -2.22. The van der Waals surface area contributed by atoms with Crippen LogP contribution in [0.4, 0.5) is 5.95 Å². The summed E-state index contributed by atoms with van der Waals surface area (Å²) in [6.45, 7) is 0.711. The molecule has 1 atom stereocenters. The van der Waals surface area contributed by atoms with Crippen molar-refractivity contribution in [1.29, 1.82) is 0 Å². The number of nitrogens with one attached hydrogen (secondary N) is 1. The van der Waals surface area contributed by atoms with Crippen molar-refractivity contribution in [2.24, 2.45) is 10.7 Å². The van der Waals surface area contributed by atoms with E-state index in [4.69, 9.17) is 5.73 Å². The third-order valence-electron chi connectivity index (χ3n) is 4.48. The van der Waals surface area contributed by atoms with Gasteiger partial charge in [0.2, 0.25) is 5.95 Å². The lowest BCUT2D eigenvalue weighted by atomic mass is 10.2. The maximum absolute atomic E-state index is 5.99. The fourth-order valence-corrected chi connectivity index (χ4v) is 3.31. The Morgan fingerprint density at radius 1 is 1.04 bits per heavy atom. The molecule has 3 heterocycles. The van der Waals surface area contributed by atoms with Crippen LogP contribution in [0.5, 0.6) is 0 Å². The average Bonchev–Trinajstić information content (AvgIpc) is 3.26. The van der Waals surface area contributed by atoms with Gasteiger partial charge in [0.15, 0.2) is 12.1 Å². The van der Waals surface area contributed by atoms with Gasteiger partial charge in [-0.25, -0.2) is 9.98 Å². The molecule has 7 nitrogen and oxygen atoms in total. The second kappa shape index (κ2) is 5.73. The zero-order valence-corrected chi connectivity index (χ0v) is 13.9. The molecule has 128 valence electrons. The van der Waals surface area contributed by atoms with E-state index in [0.717, 1.165) is 16.6 Å². The van der Waals surface area contributed by atoms with Gasteiger partial charge in [0.1, 0.15) is 0 Å². The molecular formula is C19H17N7. The predicted octanol–water partition coefficient (Wildman–Crippen LogP) is 2.57. The van der Waals surface area contributed by atoms with Crippen molar-refractivity contribution in [3.05, 3.63) is 78.1 Å². The molecule has 0 saturated carbocycles. The van der Waals surface area contributed by atoms with Crippen molar-refractivity contribution >= 4 is 22.9 Å². The summed E-state index contributed by atoms with van der Waals surface area (Å²) < 4.78 is 3.97. The Hall–Kier alpha value is -3.61. The van der Waals surface area contributed by atoms with Crippen molar-refractivity contribution < 1.29 is 0 Å². The highest BCUT2D eigenvalue weighted by Gasteiger charge is 2.25. The molecule has 0 amide bonds. The Balaban J connectivity index is 1.55. The number of hydrogen-bond acceptors (Lipinski definition) is 5. The Morgan fingerprint density at radius 3 is 2.73 bits per heavy atom. The maximum atomic E-state index is 5.99. The molecule has 2 aromatic heterocycles. The van der Waals surface area contributed by atoms with Gasteiger partial charge in [-0.2, -0.15) is 5.10 Å². The lowest BCUT2D eigenvalue weighted by Crippen LogP contribution is -2.31. The molecule has 0 fully saturated rings. The molecule has 0 radical (unpaired) electrons. The van der Waals surface area contributed by atoms with Crippen LogP contribution >= 0.6 is 0 Å². The average molecular weight is 343 g/mol. The number of imidazole rings is 1. The minimum Gasteiger partial charge on any atom is -0.370 e. The minimum atomic E-state index is -0.289. The second-order valence-corrected chi connectivity index (χ2v) is 6.26. The first-order valence-electron chi connectivity index (χ1n) is 8.41. The normalized spacial score (nSPS) is 16.2. The number of guanidine groups is 1. The Kier molecular flexibility index (Phi) is 3.24. The van der Waals surface area contributed by atoms with Gasteiger partial charge in [-0.05, 0) is 17.7 Å². The molecule has 0 unspecified atom stereocenters. The highest BCUT2D eigenvalue weighted by atomic mass is 15.4. The monoisotopic (exact) mass is 343 g/mol. The summed E-state index contributed by atoms with van der Waals surface area (Å²) in [6.07, 6.45) is 3.57. The fourth-order valence-electron chi connectivity index (χ4n) is 3.31. The number of anilines is 1.